The van der Waals surface area contributed by atoms with E-state index in [9.17, 15) is 19.6 Å². The van der Waals surface area contributed by atoms with Crippen molar-refractivity contribution in [3.8, 4) is 0 Å². The first-order valence-electron chi connectivity index (χ1n) is 7.31. The second kappa shape index (κ2) is 7.80. The first-order valence-corrected chi connectivity index (χ1v) is 7.31. The number of hydrogen-bond donors (Lipinski definition) is 1. The van der Waals surface area contributed by atoms with Gasteiger partial charge in [-0.2, -0.15) is 0 Å². The summed E-state index contributed by atoms with van der Waals surface area (Å²) in [7, 11) is 1.87. The average Bonchev–Trinajstić information content (AvgIpc) is 2.54. The van der Waals surface area contributed by atoms with Gasteiger partial charge in [-0.05, 0) is 36.7 Å². The van der Waals surface area contributed by atoms with Crippen LogP contribution in [-0.2, 0) is 6.42 Å². The van der Waals surface area contributed by atoms with Crippen molar-refractivity contribution in [1.29, 1.82) is 0 Å². The minimum Gasteiger partial charge on any atom is -0.387 e. The van der Waals surface area contributed by atoms with E-state index < -0.39 is 11.0 Å². The van der Waals surface area contributed by atoms with Crippen molar-refractivity contribution >= 4 is 5.69 Å². The summed E-state index contributed by atoms with van der Waals surface area (Å²) in [5.41, 5.74) is 1.51. The number of halogens is 1. The molecule has 5 nitrogen and oxygen atoms in total. The molecule has 2 aromatic carbocycles. The van der Waals surface area contributed by atoms with Gasteiger partial charge in [-0.1, -0.05) is 24.3 Å². The molecule has 23 heavy (non-hydrogen) atoms. The average molecular weight is 318 g/mol. The lowest BCUT2D eigenvalue weighted by Gasteiger charge is -2.20. The van der Waals surface area contributed by atoms with E-state index >= 15 is 0 Å². The SMILES string of the molecule is CN(CCc1ccc(F)cc1)CC(O)c1cccc([N+](=O)[O-])c1. The molecule has 0 amide bonds. The molecule has 0 heterocycles. The molecule has 1 unspecified atom stereocenters. The number of hydrogen-bond acceptors (Lipinski definition) is 4. The molecule has 0 fully saturated rings. The van der Waals surface area contributed by atoms with Crippen LogP contribution in [0.25, 0.3) is 0 Å². The summed E-state index contributed by atoms with van der Waals surface area (Å²) < 4.78 is 12.8. The van der Waals surface area contributed by atoms with Crippen LogP contribution in [0.15, 0.2) is 48.5 Å². The fraction of sp³-hybridized carbons (Fsp3) is 0.294. The first kappa shape index (κ1) is 17.1. The van der Waals surface area contributed by atoms with Crippen LogP contribution >= 0.6 is 0 Å². The quantitative estimate of drug-likeness (QED) is 0.629. The third kappa shape index (κ3) is 5.12. The van der Waals surface area contributed by atoms with Crippen molar-refractivity contribution in [1.82, 2.24) is 4.90 Å². The summed E-state index contributed by atoms with van der Waals surface area (Å²) in [5, 5.41) is 21.0. The number of non-ortho nitro benzene ring substituents is 1. The maximum atomic E-state index is 12.8. The van der Waals surface area contributed by atoms with Crippen LogP contribution in [0, 0.1) is 15.9 Å². The van der Waals surface area contributed by atoms with Crippen molar-refractivity contribution in [2.24, 2.45) is 0 Å². The molecule has 0 bridgehead atoms. The zero-order chi connectivity index (χ0) is 16.8. The summed E-state index contributed by atoms with van der Waals surface area (Å²) in [6.45, 7) is 1.06. The molecule has 122 valence electrons. The Hall–Kier alpha value is -2.31. The summed E-state index contributed by atoms with van der Waals surface area (Å²) in [6.07, 6.45) is -0.0635. The molecule has 0 saturated heterocycles. The maximum absolute atomic E-state index is 12.8. The van der Waals surface area contributed by atoms with Gasteiger partial charge in [0, 0.05) is 25.2 Å². The molecule has 1 atom stereocenters. The smallest absolute Gasteiger partial charge is 0.269 e. The van der Waals surface area contributed by atoms with Crippen LogP contribution in [0.4, 0.5) is 10.1 Å². The number of nitrogens with zero attached hydrogens (tertiary/aromatic N) is 2. The van der Waals surface area contributed by atoms with E-state index in [4.69, 9.17) is 0 Å². The lowest BCUT2D eigenvalue weighted by molar-refractivity contribution is -0.385. The number of likely N-dealkylation sites (N-methyl/N-ethyl adjacent to an activating group) is 1. The van der Waals surface area contributed by atoms with Crippen LogP contribution < -0.4 is 0 Å². The molecule has 0 saturated carbocycles. The van der Waals surface area contributed by atoms with E-state index in [1.807, 2.05) is 11.9 Å². The monoisotopic (exact) mass is 318 g/mol. The second-order valence-corrected chi connectivity index (χ2v) is 5.51. The van der Waals surface area contributed by atoms with Gasteiger partial charge in [-0.3, -0.25) is 10.1 Å². The Morgan fingerprint density at radius 2 is 1.96 bits per heavy atom. The molecular formula is C17H19FN2O3. The van der Waals surface area contributed by atoms with Gasteiger partial charge in [-0.25, -0.2) is 4.39 Å². The highest BCUT2D eigenvalue weighted by molar-refractivity contribution is 5.35. The minimum absolute atomic E-state index is 0.0319. The highest BCUT2D eigenvalue weighted by Crippen LogP contribution is 2.19. The Bertz CT molecular complexity index is 661. The molecule has 2 aromatic rings. The van der Waals surface area contributed by atoms with E-state index in [1.165, 1.54) is 24.3 Å². The predicted molar refractivity (Wildman–Crippen MR) is 85.7 cm³/mol. The van der Waals surface area contributed by atoms with E-state index in [2.05, 4.69) is 0 Å². The number of nitro groups is 1. The topological polar surface area (TPSA) is 66.6 Å². The van der Waals surface area contributed by atoms with Crippen LogP contribution in [0.1, 0.15) is 17.2 Å². The molecule has 0 spiro atoms. The van der Waals surface area contributed by atoms with Crippen molar-refractivity contribution in [2.45, 2.75) is 12.5 Å². The Labute approximate surface area is 134 Å². The summed E-state index contributed by atoms with van der Waals surface area (Å²) in [4.78, 5) is 12.2. The molecular weight excluding hydrogens is 299 g/mol. The second-order valence-electron chi connectivity index (χ2n) is 5.51. The fourth-order valence-corrected chi connectivity index (χ4v) is 2.31. The number of aliphatic hydroxyl groups excluding tert-OH is 1. The van der Waals surface area contributed by atoms with E-state index in [1.54, 1.807) is 24.3 Å². The molecule has 0 aromatic heterocycles. The zero-order valence-corrected chi connectivity index (χ0v) is 12.9. The number of nitro benzene ring substituents is 1. The summed E-state index contributed by atoms with van der Waals surface area (Å²) in [6, 6.07) is 12.3. The molecule has 2 rings (SSSR count). The molecule has 0 radical (unpaired) electrons. The third-order valence-electron chi connectivity index (χ3n) is 3.65. The molecule has 0 aliphatic rings. The van der Waals surface area contributed by atoms with E-state index in [0.29, 0.717) is 18.7 Å². The Morgan fingerprint density at radius 3 is 2.61 bits per heavy atom. The van der Waals surface area contributed by atoms with Crippen molar-refractivity contribution < 1.29 is 14.4 Å². The van der Waals surface area contributed by atoms with Gasteiger partial charge in [0.2, 0.25) is 0 Å². The van der Waals surface area contributed by atoms with Crippen LogP contribution in [0.2, 0.25) is 0 Å². The van der Waals surface area contributed by atoms with Crippen molar-refractivity contribution in [3.05, 3.63) is 75.6 Å². The number of benzene rings is 2. The van der Waals surface area contributed by atoms with Gasteiger partial charge >= 0.3 is 0 Å². The predicted octanol–water partition coefficient (Wildman–Crippen LogP) is 2.94. The van der Waals surface area contributed by atoms with Crippen molar-refractivity contribution in [2.75, 3.05) is 20.1 Å². The van der Waals surface area contributed by atoms with Gasteiger partial charge in [-0.15, -0.1) is 0 Å². The Morgan fingerprint density at radius 1 is 1.26 bits per heavy atom. The van der Waals surface area contributed by atoms with Gasteiger partial charge in [0.05, 0.1) is 11.0 Å². The Balaban J connectivity index is 1.89. The molecule has 1 N–H and O–H groups in total. The lowest BCUT2D eigenvalue weighted by atomic mass is 10.1. The Kier molecular flexibility index (Phi) is 5.78. The van der Waals surface area contributed by atoms with Crippen LogP contribution in [-0.4, -0.2) is 35.1 Å². The van der Waals surface area contributed by atoms with E-state index in [-0.39, 0.29) is 11.5 Å². The summed E-state index contributed by atoms with van der Waals surface area (Å²) >= 11 is 0. The lowest BCUT2D eigenvalue weighted by Crippen LogP contribution is -2.26. The van der Waals surface area contributed by atoms with Gasteiger partial charge in [0.1, 0.15) is 5.82 Å². The highest BCUT2D eigenvalue weighted by atomic mass is 19.1. The highest BCUT2D eigenvalue weighted by Gasteiger charge is 2.14. The minimum atomic E-state index is -0.798. The number of rotatable bonds is 7. The zero-order valence-electron chi connectivity index (χ0n) is 12.9. The van der Waals surface area contributed by atoms with Crippen LogP contribution in [0.5, 0.6) is 0 Å². The fourth-order valence-electron chi connectivity index (χ4n) is 2.31. The van der Waals surface area contributed by atoms with Crippen molar-refractivity contribution in [3.63, 3.8) is 0 Å². The van der Waals surface area contributed by atoms with Gasteiger partial charge < -0.3 is 10.0 Å². The van der Waals surface area contributed by atoms with E-state index in [0.717, 1.165) is 12.0 Å². The standard InChI is InChI=1S/C17H19FN2O3/c1-19(10-9-13-5-7-15(18)8-6-13)12-17(21)14-3-2-4-16(11-14)20(22)23/h2-8,11,17,21H,9-10,12H2,1H3. The van der Waals surface area contributed by atoms with Gasteiger partial charge in [0.25, 0.3) is 5.69 Å². The normalized spacial score (nSPS) is 12.3. The molecule has 6 heteroatoms. The maximum Gasteiger partial charge on any atom is 0.269 e. The molecule has 0 aliphatic heterocycles. The van der Waals surface area contributed by atoms with Crippen LogP contribution in [0.3, 0.4) is 0 Å². The summed E-state index contributed by atoms with van der Waals surface area (Å²) in [5.74, 6) is -0.261. The number of aliphatic hydroxyl groups is 1. The van der Waals surface area contributed by atoms with Gasteiger partial charge in [0.15, 0.2) is 0 Å². The largest absolute Gasteiger partial charge is 0.387 e. The molecule has 0 aliphatic carbocycles. The third-order valence-corrected chi connectivity index (χ3v) is 3.65. The first-order chi connectivity index (χ1) is 11.0.